The van der Waals surface area contributed by atoms with Crippen molar-refractivity contribution in [1.82, 2.24) is 9.78 Å². The Labute approximate surface area is 88.4 Å². The maximum Gasteiger partial charge on any atom is 0.330 e. The maximum absolute atomic E-state index is 10.7. The minimum Gasteiger partial charge on any atom is -0.358 e. The van der Waals surface area contributed by atoms with Gasteiger partial charge in [-0.2, -0.15) is 0 Å². The van der Waals surface area contributed by atoms with Crippen molar-refractivity contribution in [3.05, 3.63) is 16.3 Å². The molecule has 0 aliphatic heterocycles. The van der Waals surface area contributed by atoms with Crippen LogP contribution in [0.4, 0.5) is 11.5 Å². The number of nitro groups is 1. The summed E-state index contributed by atoms with van der Waals surface area (Å²) >= 11 is 0. The zero-order valence-corrected chi connectivity index (χ0v) is 9.44. The highest BCUT2D eigenvalue weighted by Gasteiger charge is 2.24. The molecule has 0 aliphatic carbocycles. The summed E-state index contributed by atoms with van der Waals surface area (Å²) in [6.45, 7) is 5.97. The fourth-order valence-electron chi connectivity index (χ4n) is 1.11. The van der Waals surface area contributed by atoms with Gasteiger partial charge < -0.3 is 5.32 Å². The lowest BCUT2D eigenvalue weighted by atomic mass is 10.0. The van der Waals surface area contributed by atoms with E-state index in [-0.39, 0.29) is 11.2 Å². The Hall–Kier alpha value is -1.59. The van der Waals surface area contributed by atoms with Gasteiger partial charge in [0, 0.05) is 12.6 Å². The molecule has 0 atom stereocenters. The van der Waals surface area contributed by atoms with Crippen molar-refractivity contribution >= 4 is 11.5 Å². The van der Waals surface area contributed by atoms with Crippen LogP contribution in [0.5, 0.6) is 0 Å². The van der Waals surface area contributed by atoms with E-state index in [2.05, 4.69) is 10.4 Å². The molecule has 0 fully saturated rings. The van der Waals surface area contributed by atoms with Gasteiger partial charge in [0.2, 0.25) is 5.82 Å². The summed E-state index contributed by atoms with van der Waals surface area (Å²) in [7, 11) is 1.66. The molecule has 84 valence electrons. The lowest BCUT2D eigenvalue weighted by Gasteiger charge is -2.23. The fourth-order valence-corrected chi connectivity index (χ4v) is 1.11. The monoisotopic (exact) mass is 212 g/mol. The number of rotatable bonds is 4. The van der Waals surface area contributed by atoms with Crippen molar-refractivity contribution in [3.63, 3.8) is 0 Å². The number of nitrogens with one attached hydrogen (secondary N) is 1. The maximum atomic E-state index is 10.7. The Balaban J connectivity index is 2.99. The summed E-state index contributed by atoms with van der Waals surface area (Å²) < 4.78 is 1.44. The number of nitrogens with zero attached hydrogens (tertiary/aromatic N) is 3. The van der Waals surface area contributed by atoms with E-state index in [1.165, 1.54) is 10.9 Å². The standard InChI is InChI=1S/C9H16N4O2/c1-5-9(2,3)10-8-7(13(14)15)6-12(4)11-8/h6H,5H2,1-4H3,(H,10,11). The largest absolute Gasteiger partial charge is 0.358 e. The lowest BCUT2D eigenvalue weighted by molar-refractivity contribution is -0.384. The van der Waals surface area contributed by atoms with Crippen molar-refractivity contribution in [3.8, 4) is 0 Å². The third-order valence-electron chi connectivity index (χ3n) is 2.35. The summed E-state index contributed by atoms with van der Waals surface area (Å²) in [6.07, 6.45) is 2.26. The van der Waals surface area contributed by atoms with Crippen LogP contribution in [0.25, 0.3) is 0 Å². The van der Waals surface area contributed by atoms with Crippen LogP contribution < -0.4 is 5.32 Å². The summed E-state index contributed by atoms with van der Waals surface area (Å²) in [6, 6.07) is 0. The van der Waals surface area contributed by atoms with Crippen LogP contribution in [0, 0.1) is 10.1 Å². The van der Waals surface area contributed by atoms with E-state index in [0.717, 1.165) is 6.42 Å². The van der Waals surface area contributed by atoms with E-state index < -0.39 is 4.92 Å². The predicted molar refractivity (Wildman–Crippen MR) is 57.9 cm³/mol. The molecule has 1 aromatic heterocycles. The minimum atomic E-state index is -0.429. The topological polar surface area (TPSA) is 73.0 Å². The van der Waals surface area contributed by atoms with Gasteiger partial charge in [-0.3, -0.25) is 14.8 Å². The highest BCUT2D eigenvalue weighted by Crippen LogP contribution is 2.25. The lowest BCUT2D eigenvalue weighted by Crippen LogP contribution is -2.30. The van der Waals surface area contributed by atoms with Gasteiger partial charge in [0.05, 0.1) is 4.92 Å². The summed E-state index contributed by atoms with van der Waals surface area (Å²) in [5.74, 6) is 0.328. The minimum absolute atomic E-state index is 0.0130. The molecular weight excluding hydrogens is 196 g/mol. The first-order valence-electron chi connectivity index (χ1n) is 4.82. The zero-order valence-electron chi connectivity index (χ0n) is 9.44. The van der Waals surface area contributed by atoms with Crippen molar-refractivity contribution in [2.45, 2.75) is 32.7 Å². The molecular formula is C9H16N4O2. The molecule has 0 saturated carbocycles. The molecule has 0 bridgehead atoms. The van der Waals surface area contributed by atoms with E-state index in [4.69, 9.17) is 0 Å². The molecule has 1 aromatic rings. The van der Waals surface area contributed by atoms with E-state index in [1.54, 1.807) is 7.05 Å². The van der Waals surface area contributed by atoms with E-state index in [0.29, 0.717) is 5.82 Å². The zero-order chi connectivity index (χ0) is 11.6. The van der Waals surface area contributed by atoms with Crippen LogP contribution in [0.2, 0.25) is 0 Å². The van der Waals surface area contributed by atoms with Gasteiger partial charge in [-0.25, -0.2) is 0 Å². The van der Waals surface area contributed by atoms with Gasteiger partial charge >= 0.3 is 5.69 Å². The predicted octanol–water partition coefficient (Wildman–Crippen LogP) is 1.93. The Morgan fingerprint density at radius 2 is 2.27 bits per heavy atom. The summed E-state index contributed by atoms with van der Waals surface area (Å²) in [5, 5.41) is 17.8. The molecule has 0 saturated heterocycles. The smallest absolute Gasteiger partial charge is 0.330 e. The van der Waals surface area contributed by atoms with Crippen molar-refractivity contribution in [1.29, 1.82) is 0 Å². The van der Waals surface area contributed by atoms with Gasteiger partial charge in [0.15, 0.2) is 0 Å². The van der Waals surface area contributed by atoms with Crippen LogP contribution in [-0.2, 0) is 7.05 Å². The highest BCUT2D eigenvalue weighted by molar-refractivity contribution is 5.55. The second kappa shape index (κ2) is 3.88. The normalized spacial score (nSPS) is 11.5. The second-order valence-electron chi connectivity index (χ2n) is 4.16. The first-order chi connectivity index (χ1) is 6.85. The average molecular weight is 212 g/mol. The number of hydrogen-bond acceptors (Lipinski definition) is 4. The van der Waals surface area contributed by atoms with Crippen LogP contribution in [0.1, 0.15) is 27.2 Å². The SMILES string of the molecule is CCC(C)(C)Nc1nn(C)cc1[N+](=O)[O-]. The average Bonchev–Trinajstić information content (AvgIpc) is 2.46. The van der Waals surface area contributed by atoms with Crippen LogP contribution in [-0.4, -0.2) is 20.2 Å². The van der Waals surface area contributed by atoms with Gasteiger partial charge in [0.25, 0.3) is 0 Å². The van der Waals surface area contributed by atoms with Crippen LogP contribution >= 0.6 is 0 Å². The molecule has 0 radical (unpaired) electrons. The van der Waals surface area contributed by atoms with Gasteiger partial charge in [0.1, 0.15) is 6.20 Å². The van der Waals surface area contributed by atoms with Gasteiger partial charge in [-0.15, -0.1) is 5.10 Å². The molecule has 0 aliphatic rings. The summed E-state index contributed by atoms with van der Waals surface area (Å²) in [5.41, 5.74) is -0.182. The molecule has 0 amide bonds. The van der Waals surface area contributed by atoms with Gasteiger partial charge in [-0.1, -0.05) is 6.92 Å². The highest BCUT2D eigenvalue weighted by atomic mass is 16.6. The quantitative estimate of drug-likeness (QED) is 0.611. The third kappa shape index (κ3) is 2.68. The van der Waals surface area contributed by atoms with Crippen molar-refractivity contribution in [2.24, 2.45) is 7.05 Å². The fraction of sp³-hybridized carbons (Fsp3) is 0.667. The molecule has 6 heteroatoms. The first kappa shape index (κ1) is 11.5. The molecule has 0 aromatic carbocycles. The Morgan fingerprint density at radius 1 is 1.67 bits per heavy atom. The molecule has 0 unspecified atom stereocenters. The molecule has 0 spiro atoms. The van der Waals surface area contributed by atoms with E-state index in [1.807, 2.05) is 20.8 Å². The molecule has 1 heterocycles. The van der Waals surface area contributed by atoms with E-state index >= 15 is 0 Å². The number of aryl methyl sites for hydroxylation is 1. The molecule has 6 nitrogen and oxygen atoms in total. The Morgan fingerprint density at radius 3 is 2.73 bits per heavy atom. The molecule has 15 heavy (non-hydrogen) atoms. The Bertz CT molecular complexity index is 370. The number of aromatic nitrogens is 2. The Kier molecular flexibility index (Phi) is 2.97. The van der Waals surface area contributed by atoms with Crippen molar-refractivity contribution in [2.75, 3.05) is 5.32 Å². The first-order valence-corrected chi connectivity index (χ1v) is 4.82. The third-order valence-corrected chi connectivity index (χ3v) is 2.35. The van der Waals surface area contributed by atoms with Crippen LogP contribution in [0.15, 0.2) is 6.20 Å². The van der Waals surface area contributed by atoms with Gasteiger partial charge in [-0.05, 0) is 20.3 Å². The number of anilines is 1. The second-order valence-corrected chi connectivity index (χ2v) is 4.16. The van der Waals surface area contributed by atoms with Crippen LogP contribution in [0.3, 0.4) is 0 Å². The molecule has 1 N–H and O–H groups in total. The molecule has 1 rings (SSSR count). The van der Waals surface area contributed by atoms with E-state index in [9.17, 15) is 10.1 Å². The summed E-state index contributed by atoms with van der Waals surface area (Å²) in [4.78, 5) is 10.3. The van der Waals surface area contributed by atoms with Crippen molar-refractivity contribution < 1.29 is 4.92 Å². The number of hydrogen-bond donors (Lipinski definition) is 1.